The highest BCUT2D eigenvalue weighted by Gasteiger charge is 2.30. The van der Waals surface area contributed by atoms with Gasteiger partial charge in [-0.1, -0.05) is 18.2 Å². The lowest BCUT2D eigenvalue weighted by Gasteiger charge is -2.15. The monoisotopic (exact) mass is 227 g/mol. The van der Waals surface area contributed by atoms with Crippen LogP contribution in [0.1, 0.15) is 18.4 Å². The number of hydrogen-bond donors (Lipinski definition) is 1. The smallest absolute Gasteiger partial charge is 0.0932 e. The predicted octanol–water partition coefficient (Wildman–Crippen LogP) is 2.17. The Morgan fingerprint density at radius 3 is 2.94 bits per heavy atom. The van der Waals surface area contributed by atoms with E-state index in [1.807, 2.05) is 18.3 Å². The second-order valence-corrected chi connectivity index (χ2v) is 4.82. The van der Waals surface area contributed by atoms with Crippen molar-refractivity contribution in [3.05, 3.63) is 36.0 Å². The maximum atomic E-state index is 4.17. The largest absolute Gasteiger partial charge is 0.316 e. The van der Waals surface area contributed by atoms with Crippen molar-refractivity contribution in [2.75, 3.05) is 7.05 Å². The van der Waals surface area contributed by atoms with Crippen molar-refractivity contribution < 1.29 is 0 Å². The van der Waals surface area contributed by atoms with Crippen LogP contribution in [0.15, 0.2) is 30.5 Å². The first-order valence-electron chi connectivity index (χ1n) is 6.25. The summed E-state index contributed by atoms with van der Waals surface area (Å²) in [6, 6.07) is 8.83. The third-order valence-electron chi connectivity index (χ3n) is 3.63. The minimum absolute atomic E-state index is 0.586. The number of benzene rings is 1. The molecule has 1 atom stereocenters. The van der Waals surface area contributed by atoms with Crippen molar-refractivity contribution >= 4 is 10.9 Å². The number of likely N-dealkylation sites (N-methyl/N-ethyl adjacent to an activating group) is 1. The molecule has 1 unspecified atom stereocenters. The van der Waals surface area contributed by atoms with Crippen LogP contribution in [0.2, 0.25) is 0 Å². The van der Waals surface area contributed by atoms with Gasteiger partial charge in [-0.15, -0.1) is 0 Å². The maximum absolute atomic E-state index is 4.17. The van der Waals surface area contributed by atoms with Gasteiger partial charge in [-0.2, -0.15) is 10.2 Å². The van der Waals surface area contributed by atoms with E-state index in [0.717, 1.165) is 17.9 Å². The minimum atomic E-state index is 0.586. The van der Waals surface area contributed by atoms with Gasteiger partial charge in [0, 0.05) is 11.4 Å². The molecule has 1 N–H and O–H groups in total. The fraction of sp³-hybridized carbons (Fsp3) is 0.429. The second kappa shape index (κ2) is 4.41. The zero-order valence-corrected chi connectivity index (χ0v) is 10.1. The van der Waals surface area contributed by atoms with Crippen LogP contribution in [0.3, 0.4) is 0 Å². The topological polar surface area (TPSA) is 37.8 Å². The summed E-state index contributed by atoms with van der Waals surface area (Å²) >= 11 is 0. The Morgan fingerprint density at radius 2 is 2.18 bits per heavy atom. The van der Waals surface area contributed by atoms with E-state index < -0.39 is 0 Å². The van der Waals surface area contributed by atoms with Crippen molar-refractivity contribution in [1.82, 2.24) is 15.5 Å². The van der Waals surface area contributed by atoms with Crippen molar-refractivity contribution in [2.24, 2.45) is 5.92 Å². The molecule has 1 heterocycles. The molecule has 0 bridgehead atoms. The van der Waals surface area contributed by atoms with Crippen molar-refractivity contribution in [3.63, 3.8) is 0 Å². The van der Waals surface area contributed by atoms with E-state index in [-0.39, 0.29) is 0 Å². The Hall–Kier alpha value is -1.48. The highest BCUT2D eigenvalue weighted by molar-refractivity contribution is 5.81. The first kappa shape index (κ1) is 10.7. The molecule has 88 valence electrons. The van der Waals surface area contributed by atoms with Crippen molar-refractivity contribution in [3.8, 4) is 0 Å². The Morgan fingerprint density at radius 1 is 1.35 bits per heavy atom. The van der Waals surface area contributed by atoms with Crippen LogP contribution in [-0.4, -0.2) is 23.3 Å². The lowest BCUT2D eigenvalue weighted by Crippen LogP contribution is -2.29. The van der Waals surface area contributed by atoms with E-state index in [9.17, 15) is 0 Å². The summed E-state index contributed by atoms with van der Waals surface area (Å²) < 4.78 is 0. The molecule has 1 saturated carbocycles. The number of nitrogens with zero attached hydrogens (tertiary/aromatic N) is 2. The highest BCUT2D eigenvalue weighted by atomic mass is 15.1. The molecule has 0 amide bonds. The normalized spacial score (nSPS) is 17.2. The predicted molar refractivity (Wildman–Crippen MR) is 68.8 cm³/mol. The van der Waals surface area contributed by atoms with Crippen LogP contribution in [-0.2, 0) is 6.42 Å². The number of aromatic nitrogens is 2. The highest BCUT2D eigenvalue weighted by Crippen LogP contribution is 2.34. The van der Waals surface area contributed by atoms with E-state index in [1.165, 1.54) is 23.8 Å². The van der Waals surface area contributed by atoms with Gasteiger partial charge in [-0.25, -0.2) is 0 Å². The molecule has 2 aromatic rings. The summed E-state index contributed by atoms with van der Waals surface area (Å²) in [5.74, 6) is 0.854. The van der Waals surface area contributed by atoms with Crippen molar-refractivity contribution in [1.29, 1.82) is 0 Å². The SMILES string of the molecule is CNC(Cc1cnnc2ccccc12)C1CC1. The van der Waals surface area contributed by atoms with Crippen LogP contribution in [0.4, 0.5) is 0 Å². The van der Waals surface area contributed by atoms with Crippen LogP contribution in [0.25, 0.3) is 10.9 Å². The molecule has 0 spiro atoms. The maximum Gasteiger partial charge on any atom is 0.0932 e. The van der Waals surface area contributed by atoms with Gasteiger partial charge in [0.1, 0.15) is 0 Å². The molecule has 0 aliphatic heterocycles. The fourth-order valence-corrected chi connectivity index (χ4v) is 2.47. The molecule has 1 aromatic heterocycles. The number of hydrogen-bond acceptors (Lipinski definition) is 3. The van der Waals surface area contributed by atoms with Crippen LogP contribution >= 0.6 is 0 Å². The van der Waals surface area contributed by atoms with Crippen LogP contribution < -0.4 is 5.32 Å². The summed E-state index contributed by atoms with van der Waals surface area (Å²) in [7, 11) is 2.06. The first-order valence-corrected chi connectivity index (χ1v) is 6.25. The Bertz CT molecular complexity index is 514. The zero-order valence-electron chi connectivity index (χ0n) is 10.1. The number of fused-ring (bicyclic) bond motifs is 1. The van der Waals surface area contributed by atoms with Crippen LogP contribution in [0.5, 0.6) is 0 Å². The number of rotatable bonds is 4. The molecule has 1 aliphatic rings. The van der Waals surface area contributed by atoms with Gasteiger partial charge < -0.3 is 5.32 Å². The van der Waals surface area contributed by atoms with E-state index in [1.54, 1.807) is 0 Å². The first-order chi connectivity index (χ1) is 8.38. The molecule has 17 heavy (non-hydrogen) atoms. The summed E-state index contributed by atoms with van der Waals surface area (Å²) in [6.07, 6.45) is 5.69. The number of nitrogens with one attached hydrogen (secondary N) is 1. The van der Waals surface area contributed by atoms with E-state index in [4.69, 9.17) is 0 Å². The standard InChI is InChI=1S/C14H17N3/c1-15-14(10-6-7-10)8-11-9-16-17-13-5-3-2-4-12(11)13/h2-5,9-10,14-15H,6-8H2,1H3. The summed E-state index contributed by atoms with van der Waals surface area (Å²) in [4.78, 5) is 0. The lowest BCUT2D eigenvalue weighted by molar-refractivity contribution is 0.501. The Kier molecular flexibility index (Phi) is 2.77. The Balaban J connectivity index is 1.93. The van der Waals surface area contributed by atoms with Gasteiger partial charge >= 0.3 is 0 Å². The third-order valence-corrected chi connectivity index (χ3v) is 3.63. The summed E-state index contributed by atoms with van der Waals surface area (Å²) in [5, 5.41) is 12.9. The fourth-order valence-electron chi connectivity index (χ4n) is 2.47. The molecular weight excluding hydrogens is 210 g/mol. The average molecular weight is 227 g/mol. The van der Waals surface area contributed by atoms with Gasteiger partial charge in [-0.05, 0) is 43.9 Å². The molecule has 1 aliphatic carbocycles. The molecule has 3 rings (SSSR count). The van der Waals surface area contributed by atoms with Crippen molar-refractivity contribution in [2.45, 2.75) is 25.3 Å². The van der Waals surface area contributed by atoms with Crippen LogP contribution in [0, 0.1) is 5.92 Å². The molecule has 0 saturated heterocycles. The quantitative estimate of drug-likeness (QED) is 0.870. The molecule has 3 heteroatoms. The average Bonchev–Trinajstić information content (AvgIpc) is 3.20. The van der Waals surface area contributed by atoms with Gasteiger partial charge in [-0.3, -0.25) is 0 Å². The molecule has 3 nitrogen and oxygen atoms in total. The molecule has 0 radical (unpaired) electrons. The molecular formula is C14H17N3. The van der Waals surface area contributed by atoms with Gasteiger partial charge in [0.15, 0.2) is 0 Å². The summed E-state index contributed by atoms with van der Waals surface area (Å²) in [6.45, 7) is 0. The zero-order chi connectivity index (χ0) is 11.7. The van der Waals surface area contributed by atoms with Gasteiger partial charge in [0.2, 0.25) is 0 Å². The van der Waals surface area contributed by atoms with Gasteiger partial charge in [0.25, 0.3) is 0 Å². The minimum Gasteiger partial charge on any atom is -0.316 e. The van der Waals surface area contributed by atoms with E-state index >= 15 is 0 Å². The Labute approximate surface area is 101 Å². The molecule has 1 fully saturated rings. The lowest BCUT2D eigenvalue weighted by atomic mass is 10.0. The van der Waals surface area contributed by atoms with Gasteiger partial charge in [0.05, 0.1) is 11.7 Å². The van der Waals surface area contributed by atoms with E-state index in [2.05, 4.69) is 34.7 Å². The summed E-state index contributed by atoms with van der Waals surface area (Å²) in [5.41, 5.74) is 2.30. The third kappa shape index (κ3) is 2.15. The second-order valence-electron chi connectivity index (χ2n) is 4.82. The molecule has 1 aromatic carbocycles. The van der Waals surface area contributed by atoms with E-state index in [0.29, 0.717) is 6.04 Å².